The molecule has 1 saturated carbocycles. The zero-order valence-electron chi connectivity index (χ0n) is 24.0. The third-order valence-electron chi connectivity index (χ3n) is 10.5. The number of aliphatic hydroxyl groups excluding tert-OH is 1. The van der Waals surface area contributed by atoms with Gasteiger partial charge in [-0.2, -0.15) is 0 Å². The second kappa shape index (κ2) is 10.6. The van der Waals surface area contributed by atoms with Gasteiger partial charge in [0.25, 0.3) is 5.91 Å². The van der Waals surface area contributed by atoms with Gasteiger partial charge in [0.1, 0.15) is 6.04 Å². The molecule has 222 valence electrons. The smallest absolute Gasteiger partial charge is 0.257 e. The van der Waals surface area contributed by atoms with E-state index in [4.69, 9.17) is 5.73 Å². The Balaban J connectivity index is 0.952. The Bertz CT molecular complexity index is 1380. The van der Waals surface area contributed by atoms with Crippen LogP contribution in [0.15, 0.2) is 42.5 Å². The number of nitrogens with two attached hydrogens (primary N) is 1. The topological polar surface area (TPSA) is 122 Å². The summed E-state index contributed by atoms with van der Waals surface area (Å²) in [6, 6.07) is 13.7. The zero-order chi connectivity index (χ0) is 29.0. The number of rotatable bonds is 4. The standard InChI is InChI=1S/C32H40N6O4/c33-21-1-3-22(4-2-21)36-15-17-37(18-16-36)24-9-10-32(20-24)11-13-35(14-12-32)23-5-6-25-26(19-23)31(42)38(30(25)41)27-7-8-28(39)34-29(27)40/h1-6,19,24,27,30,41H,7-18,20,33H2,(H,34,39,40). The van der Waals surface area contributed by atoms with Crippen LogP contribution < -0.4 is 20.9 Å². The van der Waals surface area contributed by atoms with Crippen molar-refractivity contribution in [3.63, 3.8) is 0 Å². The molecule has 7 rings (SSSR count). The summed E-state index contributed by atoms with van der Waals surface area (Å²) in [5.74, 6) is -1.21. The molecule has 0 bridgehead atoms. The number of benzene rings is 2. The number of hydrogen-bond acceptors (Lipinski definition) is 8. The van der Waals surface area contributed by atoms with Crippen LogP contribution in [0.4, 0.5) is 17.1 Å². The van der Waals surface area contributed by atoms with E-state index in [-0.39, 0.29) is 24.7 Å². The van der Waals surface area contributed by atoms with Gasteiger partial charge in [0, 0.05) is 79.9 Å². The van der Waals surface area contributed by atoms with Gasteiger partial charge < -0.3 is 20.6 Å². The molecule has 4 aliphatic heterocycles. The van der Waals surface area contributed by atoms with Crippen molar-refractivity contribution in [2.75, 3.05) is 54.8 Å². The summed E-state index contributed by atoms with van der Waals surface area (Å²) in [6.45, 7) is 6.19. The van der Waals surface area contributed by atoms with Crippen LogP contribution in [0.5, 0.6) is 0 Å². The Morgan fingerprint density at radius 1 is 0.833 bits per heavy atom. The lowest BCUT2D eigenvalue weighted by Crippen LogP contribution is -2.53. The van der Waals surface area contributed by atoms with E-state index in [0.29, 0.717) is 22.6 Å². The van der Waals surface area contributed by atoms with Crippen molar-refractivity contribution in [2.24, 2.45) is 5.41 Å². The highest BCUT2D eigenvalue weighted by Crippen LogP contribution is 2.49. The maximum absolute atomic E-state index is 13.3. The Kier molecular flexibility index (Phi) is 6.85. The van der Waals surface area contributed by atoms with Crippen LogP contribution in [0.1, 0.15) is 67.1 Å². The first-order chi connectivity index (χ1) is 20.3. The summed E-state index contributed by atoms with van der Waals surface area (Å²) in [7, 11) is 0. The van der Waals surface area contributed by atoms with Crippen LogP contribution in [0.2, 0.25) is 0 Å². The second-order valence-corrected chi connectivity index (χ2v) is 12.8. The molecule has 2 aromatic carbocycles. The van der Waals surface area contributed by atoms with Crippen molar-refractivity contribution >= 4 is 34.8 Å². The van der Waals surface area contributed by atoms with E-state index in [1.807, 2.05) is 30.3 Å². The normalized spacial score (nSPS) is 28.0. The van der Waals surface area contributed by atoms with Crippen molar-refractivity contribution in [3.8, 4) is 0 Å². The molecule has 3 saturated heterocycles. The molecular formula is C32H40N6O4. The number of piperidine rings is 2. The van der Waals surface area contributed by atoms with E-state index >= 15 is 0 Å². The van der Waals surface area contributed by atoms with Gasteiger partial charge in [0.05, 0.1) is 0 Å². The highest BCUT2D eigenvalue weighted by atomic mass is 16.3. The van der Waals surface area contributed by atoms with Crippen molar-refractivity contribution < 1.29 is 19.5 Å². The molecule has 5 aliphatic rings. The largest absolute Gasteiger partial charge is 0.399 e. The number of imide groups is 1. The number of piperazine rings is 1. The zero-order valence-corrected chi connectivity index (χ0v) is 24.0. The van der Waals surface area contributed by atoms with E-state index in [9.17, 15) is 19.5 Å². The van der Waals surface area contributed by atoms with Crippen molar-refractivity contribution in [1.82, 2.24) is 15.1 Å². The lowest BCUT2D eigenvalue weighted by atomic mass is 9.76. The Morgan fingerprint density at radius 2 is 1.52 bits per heavy atom. The number of nitrogen functional groups attached to an aromatic ring is 1. The molecule has 4 heterocycles. The molecule has 1 spiro atoms. The quantitative estimate of drug-likeness (QED) is 0.377. The number of amides is 3. The molecule has 0 radical (unpaired) electrons. The minimum Gasteiger partial charge on any atom is -0.399 e. The first-order valence-electron chi connectivity index (χ1n) is 15.4. The maximum atomic E-state index is 13.3. The van der Waals surface area contributed by atoms with E-state index in [0.717, 1.165) is 63.5 Å². The first-order valence-corrected chi connectivity index (χ1v) is 15.4. The molecule has 3 amide bonds. The Morgan fingerprint density at radius 3 is 2.24 bits per heavy atom. The van der Waals surface area contributed by atoms with E-state index in [1.165, 1.54) is 29.8 Å². The number of anilines is 3. The summed E-state index contributed by atoms with van der Waals surface area (Å²) in [6.07, 6.45) is 5.29. The highest BCUT2D eigenvalue weighted by molar-refractivity contribution is 6.06. The number of fused-ring (bicyclic) bond motifs is 1. The fourth-order valence-corrected chi connectivity index (χ4v) is 8.02. The van der Waals surface area contributed by atoms with E-state index < -0.39 is 18.2 Å². The van der Waals surface area contributed by atoms with Gasteiger partial charge in [-0.1, -0.05) is 6.07 Å². The third kappa shape index (κ3) is 4.80. The molecule has 4 fully saturated rings. The summed E-state index contributed by atoms with van der Waals surface area (Å²) in [5.41, 5.74) is 10.3. The molecule has 3 atom stereocenters. The minimum atomic E-state index is -1.18. The number of nitrogens with zero attached hydrogens (tertiary/aromatic N) is 4. The van der Waals surface area contributed by atoms with Crippen LogP contribution in [-0.4, -0.2) is 84.0 Å². The second-order valence-electron chi connectivity index (χ2n) is 12.8. The molecule has 2 aromatic rings. The highest BCUT2D eigenvalue weighted by Gasteiger charge is 2.46. The van der Waals surface area contributed by atoms with Crippen LogP contribution in [-0.2, 0) is 9.59 Å². The Hall–Kier alpha value is -3.63. The molecule has 42 heavy (non-hydrogen) atoms. The fraction of sp³-hybridized carbons (Fsp3) is 0.531. The van der Waals surface area contributed by atoms with Crippen LogP contribution in [0.3, 0.4) is 0 Å². The number of aliphatic hydroxyl groups is 1. The van der Waals surface area contributed by atoms with Crippen LogP contribution in [0.25, 0.3) is 0 Å². The van der Waals surface area contributed by atoms with Gasteiger partial charge in [-0.15, -0.1) is 0 Å². The van der Waals surface area contributed by atoms with E-state index in [2.05, 4.69) is 32.1 Å². The predicted octanol–water partition coefficient (Wildman–Crippen LogP) is 2.48. The minimum absolute atomic E-state index is 0.157. The molecule has 1 aliphatic carbocycles. The molecular weight excluding hydrogens is 532 g/mol. The number of carbonyl (C=O) groups is 3. The maximum Gasteiger partial charge on any atom is 0.257 e. The summed E-state index contributed by atoms with van der Waals surface area (Å²) < 4.78 is 0. The van der Waals surface area contributed by atoms with Crippen molar-refractivity contribution in [2.45, 2.75) is 63.3 Å². The lowest BCUT2D eigenvalue weighted by molar-refractivity contribution is -0.139. The monoisotopic (exact) mass is 572 g/mol. The lowest BCUT2D eigenvalue weighted by Gasteiger charge is -2.42. The Labute approximate surface area is 246 Å². The van der Waals surface area contributed by atoms with E-state index in [1.54, 1.807) is 0 Å². The predicted molar refractivity (Wildman–Crippen MR) is 160 cm³/mol. The number of carbonyl (C=O) groups excluding carboxylic acids is 3. The average Bonchev–Trinajstić information content (AvgIpc) is 3.52. The van der Waals surface area contributed by atoms with Gasteiger partial charge in [-0.3, -0.25) is 29.5 Å². The number of nitrogens with one attached hydrogen (secondary N) is 1. The van der Waals surface area contributed by atoms with Crippen molar-refractivity contribution in [1.29, 1.82) is 0 Å². The molecule has 0 aromatic heterocycles. The summed E-state index contributed by atoms with van der Waals surface area (Å²) in [4.78, 5) is 46.1. The molecule has 10 nitrogen and oxygen atoms in total. The van der Waals surface area contributed by atoms with Crippen molar-refractivity contribution in [3.05, 3.63) is 53.6 Å². The SMILES string of the molecule is Nc1ccc(N2CCN(C3CCC4(CCN(c5ccc6c(c5)C(=O)N(C5CCC(=O)NC5=O)C6O)CC4)C3)CC2)cc1. The number of hydrogen-bond donors (Lipinski definition) is 3. The molecule has 3 unspecified atom stereocenters. The molecule has 4 N–H and O–H groups in total. The van der Waals surface area contributed by atoms with Gasteiger partial charge in [0.2, 0.25) is 11.8 Å². The van der Waals surface area contributed by atoms with Gasteiger partial charge in [-0.25, -0.2) is 0 Å². The average molecular weight is 573 g/mol. The van der Waals surface area contributed by atoms with Gasteiger partial charge in [-0.05, 0) is 80.3 Å². The van der Waals surface area contributed by atoms with Crippen LogP contribution >= 0.6 is 0 Å². The summed E-state index contributed by atoms with van der Waals surface area (Å²) >= 11 is 0. The van der Waals surface area contributed by atoms with Gasteiger partial charge in [0.15, 0.2) is 6.23 Å². The van der Waals surface area contributed by atoms with Crippen LogP contribution in [0, 0.1) is 5.41 Å². The third-order valence-corrected chi connectivity index (χ3v) is 10.5. The summed E-state index contributed by atoms with van der Waals surface area (Å²) in [5, 5.41) is 13.2. The van der Waals surface area contributed by atoms with Gasteiger partial charge >= 0.3 is 0 Å². The molecule has 10 heteroatoms. The fourth-order valence-electron chi connectivity index (χ4n) is 8.02. The first kappa shape index (κ1) is 27.2.